The number of aliphatic hydroxyl groups is 1. The van der Waals surface area contributed by atoms with Gasteiger partial charge in [0.1, 0.15) is 0 Å². The highest BCUT2D eigenvalue weighted by molar-refractivity contribution is 9.13. The smallest absolute Gasteiger partial charge is 0.0831 e. The van der Waals surface area contributed by atoms with E-state index in [0.717, 1.165) is 20.1 Å². The number of aromatic nitrogens is 1. The molecule has 2 aromatic rings. The maximum Gasteiger partial charge on any atom is 0.0831 e. The number of benzene rings is 1. The summed E-state index contributed by atoms with van der Waals surface area (Å²) in [7, 11) is 0. The summed E-state index contributed by atoms with van der Waals surface area (Å²) in [6.45, 7) is 0. The van der Waals surface area contributed by atoms with Crippen LogP contribution in [0, 0.1) is 0 Å². The first-order chi connectivity index (χ1) is 8.58. The predicted molar refractivity (Wildman–Crippen MR) is 79.8 cm³/mol. The Hall–Kier alpha value is -0.420. The molecule has 1 unspecified atom stereocenters. The Morgan fingerprint density at radius 2 is 2.00 bits per heavy atom. The lowest BCUT2D eigenvalue weighted by molar-refractivity contribution is 0.178. The quantitative estimate of drug-likeness (QED) is 0.834. The molecule has 1 aromatic carbocycles. The van der Waals surface area contributed by atoms with E-state index >= 15 is 0 Å². The monoisotopic (exact) mass is 389 g/mol. The Kier molecular flexibility index (Phi) is 4.78. The minimum absolute atomic E-state index is 0.468. The van der Waals surface area contributed by atoms with Crippen LogP contribution in [0.15, 0.2) is 45.6 Å². The van der Waals surface area contributed by atoms with Crippen LogP contribution in [0.4, 0.5) is 0 Å². The van der Waals surface area contributed by atoms with E-state index in [2.05, 4.69) is 36.8 Å². The Bertz CT molecular complexity index is 562. The van der Waals surface area contributed by atoms with E-state index < -0.39 is 6.10 Å². The van der Waals surface area contributed by atoms with Crippen LogP contribution in [0.3, 0.4) is 0 Å². The third-order valence-corrected chi connectivity index (χ3v) is 4.82. The van der Waals surface area contributed by atoms with Crippen molar-refractivity contribution in [1.29, 1.82) is 0 Å². The summed E-state index contributed by atoms with van der Waals surface area (Å²) in [6, 6.07) is 7.49. The summed E-state index contributed by atoms with van der Waals surface area (Å²) in [5.74, 6) is 0. The fourth-order valence-corrected chi connectivity index (χ4v) is 2.45. The van der Waals surface area contributed by atoms with Crippen LogP contribution < -0.4 is 0 Å². The van der Waals surface area contributed by atoms with Crippen molar-refractivity contribution in [2.24, 2.45) is 0 Å². The van der Waals surface area contributed by atoms with Crippen molar-refractivity contribution >= 4 is 43.5 Å². The molecule has 94 valence electrons. The van der Waals surface area contributed by atoms with E-state index in [1.807, 2.05) is 24.3 Å². The standard InChI is InChI=1S/C13H10Br2ClNO/c14-10-2-1-9(5-11(10)15)13(18)6-8-3-4-17-7-12(8)16/h1-5,7,13,18H,6H2. The molecule has 1 N–H and O–H groups in total. The molecule has 0 aliphatic heterocycles. The number of halogens is 3. The van der Waals surface area contributed by atoms with Crippen molar-refractivity contribution in [3.05, 3.63) is 61.8 Å². The molecule has 0 bridgehead atoms. The molecule has 0 aliphatic carbocycles. The normalized spacial score (nSPS) is 12.4. The van der Waals surface area contributed by atoms with Crippen LogP contribution >= 0.6 is 43.5 Å². The highest BCUT2D eigenvalue weighted by Crippen LogP contribution is 2.28. The van der Waals surface area contributed by atoms with Gasteiger partial charge < -0.3 is 5.11 Å². The van der Waals surface area contributed by atoms with E-state index in [1.54, 1.807) is 12.4 Å². The average Bonchev–Trinajstić information content (AvgIpc) is 2.35. The van der Waals surface area contributed by atoms with Gasteiger partial charge in [0.05, 0.1) is 11.1 Å². The molecular formula is C13H10Br2ClNO. The third-order valence-electron chi connectivity index (χ3n) is 2.60. The van der Waals surface area contributed by atoms with Crippen LogP contribution in [0.1, 0.15) is 17.2 Å². The van der Waals surface area contributed by atoms with Gasteiger partial charge in [-0.3, -0.25) is 4.98 Å². The minimum atomic E-state index is -0.589. The molecule has 2 rings (SSSR count). The van der Waals surface area contributed by atoms with Gasteiger partial charge in [0.2, 0.25) is 0 Å². The van der Waals surface area contributed by atoms with Gasteiger partial charge in [-0.15, -0.1) is 0 Å². The van der Waals surface area contributed by atoms with Gasteiger partial charge in [0.15, 0.2) is 0 Å². The zero-order valence-corrected chi connectivity index (χ0v) is 13.2. The first-order valence-electron chi connectivity index (χ1n) is 5.29. The number of rotatable bonds is 3. The summed E-state index contributed by atoms with van der Waals surface area (Å²) < 4.78 is 1.88. The topological polar surface area (TPSA) is 33.1 Å². The maximum absolute atomic E-state index is 10.2. The third kappa shape index (κ3) is 3.32. The fourth-order valence-electron chi connectivity index (χ4n) is 1.62. The van der Waals surface area contributed by atoms with Crippen LogP contribution in [0.25, 0.3) is 0 Å². The largest absolute Gasteiger partial charge is 0.388 e. The van der Waals surface area contributed by atoms with E-state index in [0.29, 0.717) is 11.4 Å². The summed E-state index contributed by atoms with van der Waals surface area (Å²) in [5, 5.41) is 10.8. The Labute approximate surface area is 127 Å². The molecule has 0 fully saturated rings. The first-order valence-corrected chi connectivity index (χ1v) is 7.25. The average molecular weight is 391 g/mol. The summed E-state index contributed by atoms with van der Waals surface area (Å²) in [6.07, 6.45) is 3.14. The lowest BCUT2D eigenvalue weighted by Crippen LogP contribution is -2.02. The predicted octanol–water partition coefficient (Wildman–Crippen LogP) is 4.54. The second-order valence-corrected chi connectivity index (χ2v) is 5.98. The van der Waals surface area contributed by atoms with E-state index in [9.17, 15) is 5.11 Å². The Morgan fingerprint density at radius 3 is 2.67 bits per heavy atom. The molecule has 0 amide bonds. The van der Waals surface area contributed by atoms with Crippen LogP contribution in [-0.4, -0.2) is 10.1 Å². The van der Waals surface area contributed by atoms with Crippen molar-refractivity contribution in [3.8, 4) is 0 Å². The zero-order valence-electron chi connectivity index (χ0n) is 9.28. The summed E-state index contributed by atoms with van der Waals surface area (Å²) in [5.41, 5.74) is 1.73. The highest BCUT2D eigenvalue weighted by atomic mass is 79.9. The fraction of sp³-hybridized carbons (Fsp3) is 0.154. The van der Waals surface area contributed by atoms with E-state index in [-0.39, 0.29) is 0 Å². The molecular weight excluding hydrogens is 381 g/mol. The van der Waals surface area contributed by atoms with Crippen molar-refractivity contribution in [3.63, 3.8) is 0 Å². The molecule has 18 heavy (non-hydrogen) atoms. The van der Waals surface area contributed by atoms with Crippen LogP contribution in [0.5, 0.6) is 0 Å². The second kappa shape index (κ2) is 6.15. The molecule has 2 nitrogen and oxygen atoms in total. The van der Waals surface area contributed by atoms with E-state index in [4.69, 9.17) is 11.6 Å². The SMILES string of the molecule is OC(Cc1ccncc1Cl)c1ccc(Br)c(Br)c1. The number of hydrogen-bond donors (Lipinski definition) is 1. The number of nitrogens with zero attached hydrogens (tertiary/aromatic N) is 1. The van der Waals surface area contributed by atoms with Gasteiger partial charge in [0.25, 0.3) is 0 Å². The molecule has 1 heterocycles. The maximum atomic E-state index is 10.2. The molecule has 1 atom stereocenters. The van der Waals surface area contributed by atoms with Gasteiger partial charge in [-0.25, -0.2) is 0 Å². The van der Waals surface area contributed by atoms with Crippen molar-refractivity contribution < 1.29 is 5.11 Å². The molecule has 0 radical (unpaired) electrons. The van der Waals surface area contributed by atoms with E-state index in [1.165, 1.54) is 0 Å². The number of pyridine rings is 1. The van der Waals surface area contributed by atoms with Gasteiger partial charge >= 0.3 is 0 Å². The van der Waals surface area contributed by atoms with Crippen LogP contribution in [0.2, 0.25) is 5.02 Å². The molecule has 0 aliphatic rings. The Balaban J connectivity index is 2.19. The van der Waals surface area contributed by atoms with Gasteiger partial charge in [-0.2, -0.15) is 0 Å². The van der Waals surface area contributed by atoms with Crippen molar-refractivity contribution in [2.75, 3.05) is 0 Å². The molecule has 0 spiro atoms. The summed E-state index contributed by atoms with van der Waals surface area (Å²) >= 11 is 12.8. The minimum Gasteiger partial charge on any atom is -0.388 e. The molecule has 0 saturated carbocycles. The Morgan fingerprint density at radius 1 is 1.22 bits per heavy atom. The van der Waals surface area contributed by atoms with Crippen LogP contribution in [-0.2, 0) is 6.42 Å². The molecule has 1 aromatic heterocycles. The number of hydrogen-bond acceptors (Lipinski definition) is 2. The van der Waals surface area contributed by atoms with Gasteiger partial charge in [-0.05, 0) is 61.2 Å². The second-order valence-electron chi connectivity index (χ2n) is 3.86. The number of aliphatic hydroxyl groups excluding tert-OH is 1. The first kappa shape index (κ1) is 14.0. The van der Waals surface area contributed by atoms with Gasteiger partial charge in [0, 0.05) is 27.8 Å². The lowest BCUT2D eigenvalue weighted by atomic mass is 10.0. The van der Waals surface area contributed by atoms with Gasteiger partial charge in [-0.1, -0.05) is 17.7 Å². The zero-order chi connectivity index (χ0) is 13.1. The molecule has 5 heteroatoms. The van der Waals surface area contributed by atoms with Crippen molar-refractivity contribution in [2.45, 2.75) is 12.5 Å². The molecule has 0 saturated heterocycles. The van der Waals surface area contributed by atoms with Crippen molar-refractivity contribution in [1.82, 2.24) is 4.98 Å². The summed E-state index contributed by atoms with van der Waals surface area (Å²) in [4.78, 5) is 3.92. The highest BCUT2D eigenvalue weighted by Gasteiger charge is 2.12. The lowest BCUT2D eigenvalue weighted by Gasteiger charge is -2.12.